The van der Waals surface area contributed by atoms with Crippen LogP contribution >= 0.6 is 0 Å². The predicted molar refractivity (Wildman–Crippen MR) is 66.9 cm³/mol. The van der Waals surface area contributed by atoms with Crippen LogP contribution in [0.2, 0.25) is 0 Å². The molecule has 18 heavy (non-hydrogen) atoms. The molecule has 1 amide bonds. The molecule has 0 heterocycles. The standard InChI is InChI=1S/C13H17FN2O2/c1-15-13(18)9-16(2)8-7-12(17)10-3-5-11(14)6-4-10/h3-6H,7-9H2,1-2H3,(H,15,18). The third kappa shape index (κ3) is 4.63. The van der Waals surface area contributed by atoms with Gasteiger partial charge in [-0.1, -0.05) is 0 Å². The number of carbonyl (C=O) groups is 2. The summed E-state index contributed by atoms with van der Waals surface area (Å²) >= 11 is 0. The summed E-state index contributed by atoms with van der Waals surface area (Å²) in [5.74, 6) is -0.506. The normalized spacial score (nSPS) is 10.4. The molecule has 0 spiro atoms. The number of ketones is 1. The van der Waals surface area contributed by atoms with Crippen molar-refractivity contribution in [3.8, 4) is 0 Å². The van der Waals surface area contributed by atoms with Crippen LogP contribution in [0.4, 0.5) is 4.39 Å². The van der Waals surface area contributed by atoms with Crippen LogP contribution in [-0.2, 0) is 4.79 Å². The Morgan fingerprint density at radius 1 is 1.28 bits per heavy atom. The topological polar surface area (TPSA) is 49.4 Å². The van der Waals surface area contributed by atoms with E-state index in [1.807, 2.05) is 0 Å². The van der Waals surface area contributed by atoms with Crippen LogP contribution in [0.3, 0.4) is 0 Å². The molecule has 1 aromatic carbocycles. The van der Waals surface area contributed by atoms with Gasteiger partial charge in [-0.2, -0.15) is 0 Å². The summed E-state index contributed by atoms with van der Waals surface area (Å²) in [4.78, 5) is 24.6. The van der Waals surface area contributed by atoms with Gasteiger partial charge in [0.2, 0.25) is 5.91 Å². The van der Waals surface area contributed by atoms with E-state index in [2.05, 4.69) is 5.32 Å². The number of nitrogens with zero attached hydrogens (tertiary/aromatic N) is 1. The molecule has 1 aromatic rings. The van der Waals surface area contributed by atoms with Gasteiger partial charge in [-0.25, -0.2) is 4.39 Å². The maximum atomic E-state index is 12.7. The summed E-state index contributed by atoms with van der Waals surface area (Å²) in [6.07, 6.45) is 0.305. The maximum absolute atomic E-state index is 12.7. The zero-order valence-electron chi connectivity index (χ0n) is 10.6. The van der Waals surface area contributed by atoms with Gasteiger partial charge in [0.1, 0.15) is 5.82 Å². The Hall–Kier alpha value is -1.75. The molecule has 0 radical (unpaired) electrons. The lowest BCUT2D eigenvalue weighted by Gasteiger charge is -2.14. The number of benzene rings is 1. The van der Waals surface area contributed by atoms with E-state index in [-0.39, 0.29) is 24.1 Å². The van der Waals surface area contributed by atoms with Crippen LogP contribution < -0.4 is 5.32 Å². The third-order valence-corrected chi connectivity index (χ3v) is 2.58. The fraction of sp³-hybridized carbons (Fsp3) is 0.385. The first-order chi connectivity index (χ1) is 8.52. The van der Waals surface area contributed by atoms with Gasteiger partial charge in [0.15, 0.2) is 5.78 Å². The van der Waals surface area contributed by atoms with Crippen molar-refractivity contribution >= 4 is 11.7 Å². The zero-order valence-corrected chi connectivity index (χ0v) is 10.6. The highest BCUT2D eigenvalue weighted by Gasteiger charge is 2.09. The number of amides is 1. The first-order valence-corrected chi connectivity index (χ1v) is 5.71. The number of rotatable bonds is 6. The van der Waals surface area contributed by atoms with Crippen molar-refractivity contribution in [1.82, 2.24) is 10.2 Å². The Bertz CT molecular complexity index is 418. The van der Waals surface area contributed by atoms with Gasteiger partial charge in [0, 0.05) is 25.6 Å². The van der Waals surface area contributed by atoms with Gasteiger partial charge in [0.25, 0.3) is 0 Å². The predicted octanol–water partition coefficient (Wildman–Crippen LogP) is 1.08. The Morgan fingerprint density at radius 3 is 2.44 bits per heavy atom. The fourth-order valence-corrected chi connectivity index (χ4v) is 1.48. The molecule has 0 aliphatic heterocycles. The number of carbonyl (C=O) groups excluding carboxylic acids is 2. The monoisotopic (exact) mass is 252 g/mol. The molecule has 0 unspecified atom stereocenters. The molecule has 0 aliphatic carbocycles. The average Bonchev–Trinajstić information content (AvgIpc) is 2.36. The zero-order chi connectivity index (χ0) is 13.5. The molecule has 0 fully saturated rings. The molecule has 98 valence electrons. The van der Waals surface area contributed by atoms with Crippen molar-refractivity contribution < 1.29 is 14.0 Å². The van der Waals surface area contributed by atoms with E-state index in [4.69, 9.17) is 0 Å². The van der Waals surface area contributed by atoms with Crippen molar-refractivity contribution in [2.45, 2.75) is 6.42 Å². The minimum atomic E-state index is -0.358. The molecule has 1 N–H and O–H groups in total. The van der Waals surface area contributed by atoms with Gasteiger partial charge in [-0.15, -0.1) is 0 Å². The Morgan fingerprint density at radius 2 is 1.89 bits per heavy atom. The summed E-state index contributed by atoms with van der Waals surface area (Å²) in [6.45, 7) is 0.747. The first kappa shape index (κ1) is 14.3. The highest BCUT2D eigenvalue weighted by Crippen LogP contribution is 2.06. The average molecular weight is 252 g/mol. The second-order valence-electron chi connectivity index (χ2n) is 4.09. The molecule has 0 bridgehead atoms. The van der Waals surface area contributed by atoms with Gasteiger partial charge < -0.3 is 5.32 Å². The van der Waals surface area contributed by atoms with Crippen molar-refractivity contribution in [2.24, 2.45) is 0 Å². The summed E-state index contributed by atoms with van der Waals surface area (Å²) in [5.41, 5.74) is 0.491. The van der Waals surface area contributed by atoms with Crippen LogP contribution in [-0.4, -0.2) is 43.8 Å². The van der Waals surface area contributed by atoms with E-state index in [1.54, 1.807) is 19.0 Å². The van der Waals surface area contributed by atoms with E-state index < -0.39 is 0 Å². The number of halogens is 1. The third-order valence-electron chi connectivity index (χ3n) is 2.58. The van der Waals surface area contributed by atoms with Crippen molar-refractivity contribution in [3.05, 3.63) is 35.6 Å². The summed E-state index contributed by atoms with van der Waals surface area (Å²) in [7, 11) is 3.34. The van der Waals surface area contributed by atoms with E-state index in [1.165, 1.54) is 24.3 Å². The summed E-state index contributed by atoms with van der Waals surface area (Å²) < 4.78 is 12.7. The van der Waals surface area contributed by atoms with Gasteiger partial charge >= 0.3 is 0 Å². The van der Waals surface area contributed by atoms with E-state index in [0.717, 1.165) is 0 Å². The van der Waals surface area contributed by atoms with Crippen LogP contribution in [0.5, 0.6) is 0 Å². The first-order valence-electron chi connectivity index (χ1n) is 5.71. The SMILES string of the molecule is CNC(=O)CN(C)CCC(=O)c1ccc(F)cc1. The van der Waals surface area contributed by atoms with Gasteiger partial charge in [-0.3, -0.25) is 14.5 Å². The van der Waals surface area contributed by atoms with Crippen LogP contribution in [0.25, 0.3) is 0 Å². The maximum Gasteiger partial charge on any atom is 0.233 e. The Labute approximate surface area is 106 Å². The highest BCUT2D eigenvalue weighted by atomic mass is 19.1. The van der Waals surface area contributed by atoms with Crippen molar-refractivity contribution in [1.29, 1.82) is 0 Å². The highest BCUT2D eigenvalue weighted by molar-refractivity contribution is 5.96. The Balaban J connectivity index is 2.41. The lowest BCUT2D eigenvalue weighted by atomic mass is 10.1. The molecule has 5 heteroatoms. The number of likely N-dealkylation sites (N-methyl/N-ethyl adjacent to an activating group) is 2. The van der Waals surface area contributed by atoms with Crippen LogP contribution in [0, 0.1) is 5.82 Å². The number of hydrogen-bond acceptors (Lipinski definition) is 3. The smallest absolute Gasteiger partial charge is 0.233 e. The van der Waals surface area contributed by atoms with E-state index >= 15 is 0 Å². The quantitative estimate of drug-likeness (QED) is 0.771. The molecule has 0 saturated heterocycles. The molecule has 1 rings (SSSR count). The minimum absolute atomic E-state index is 0.0567. The van der Waals surface area contributed by atoms with Crippen molar-refractivity contribution in [2.75, 3.05) is 27.2 Å². The second kappa shape index (κ2) is 6.86. The number of hydrogen-bond donors (Lipinski definition) is 1. The van der Waals surface area contributed by atoms with Crippen LogP contribution in [0.15, 0.2) is 24.3 Å². The molecule has 4 nitrogen and oxygen atoms in total. The molecule has 0 saturated carbocycles. The molecule has 0 aliphatic rings. The Kier molecular flexibility index (Phi) is 5.45. The largest absolute Gasteiger partial charge is 0.358 e. The lowest BCUT2D eigenvalue weighted by molar-refractivity contribution is -0.121. The summed E-state index contributed by atoms with van der Waals surface area (Å²) in [6, 6.07) is 5.47. The fourth-order valence-electron chi connectivity index (χ4n) is 1.48. The van der Waals surface area contributed by atoms with Crippen molar-refractivity contribution in [3.63, 3.8) is 0 Å². The van der Waals surface area contributed by atoms with Gasteiger partial charge in [-0.05, 0) is 31.3 Å². The molecular formula is C13H17FN2O2. The lowest BCUT2D eigenvalue weighted by Crippen LogP contribution is -2.34. The van der Waals surface area contributed by atoms with Gasteiger partial charge in [0.05, 0.1) is 6.54 Å². The molecule has 0 aromatic heterocycles. The minimum Gasteiger partial charge on any atom is -0.358 e. The van der Waals surface area contributed by atoms with E-state index in [0.29, 0.717) is 18.5 Å². The number of Topliss-reactive ketones (excluding diaryl/α,β-unsaturated/α-hetero) is 1. The van der Waals surface area contributed by atoms with E-state index in [9.17, 15) is 14.0 Å². The second-order valence-corrected chi connectivity index (χ2v) is 4.09. The molecular weight excluding hydrogens is 235 g/mol. The van der Waals surface area contributed by atoms with Crippen LogP contribution in [0.1, 0.15) is 16.8 Å². The summed E-state index contributed by atoms with van der Waals surface area (Å²) in [5, 5.41) is 2.51. The number of nitrogens with one attached hydrogen (secondary N) is 1. The molecule has 0 atom stereocenters.